The normalized spacial score (nSPS) is 20.5. The van der Waals surface area contributed by atoms with Gasteiger partial charge in [-0.1, -0.05) is 91.0 Å². The highest BCUT2D eigenvalue weighted by molar-refractivity contribution is 5.78. The summed E-state index contributed by atoms with van der Waals surface area (Å²) >= 11 is 0. The number of esters is 1. The van der Waals surface area contributed by atoms with Gasteiger partial charge >= 0.3 is 5.97 Å². The number of benzene rings is 3. The van der Waals surface area contributed by atoms with Gasteiger partial charge in [-0.2, -0.15) is 0 Å². The molecule has 0 saturated carbocycles. The fraction of sp³-hybridized carbons (Fsp3) is 0.269. The topological polar surface area (TPSA) is 54.0 Å². The third-order valence-corrected chi connectivity index (χ3v) is 5.12. The molecule has 0 radical (unpaired) electrons. The molecule has 5 nitrogen and oxygen atoms in total. The fourth-order valence-electron chi connectivity index (χ4n) is 3.49. The Morgan fingerprint density at radius 3 is 1.68 bits per heavy atom. The van der Waals surface area contributed by atoms with Gasteiger partial charge in [0.05, 0.1) is 26.4 Å². The van der Waals surface area contributed by atoms with Crippen LogP contribution in [0.3, 0.4) is 0 Å². The Labute approximate surface area is 182 Å². The Morgan fingerprint density at radius 1 is 0.645 bits per heavy atom. The molecule has 2 unspecified atom stereocenters. The summed E-state index contributed by atoms with van der Waals surface area (Å²) in [7, 11) is 0. The Kier molecular flexibility index (Phi) is 7.45. The van der Waals surface area contributed by atoms with Crippen molar-refractivity contribution in [2.24, 2.45) is 0 Å². The molecule has 4 rings (SSSR count). The van der Waals surface area contributed by atoms with Gasteiger partial charge in [0, 0.05) is 0 Å². The molecule has 1 aliphatic heterocycles. The number of carbonyl (C=O) groups is 1. The average Bonchev–Trinajstić information content (AvgIpc) is 3.12. The second kappa shape index (κ2) is 10.9. The molecular formula is C26H26O5. The highest BCUT2D eigenvalue weighted by atomic mass is 16.6. The SMILES string of the molecule is O=C1OC(COCc2ccccc2)C(OCc2ccccc2)[C@@H]1OCc1ccccc1. The monoisotopic (exact) mass is 418 g/mol. The number of hydrogen-bond acceptors (Lipinski definition) is 5. The van der Waals surface area contributed by atoms with Gasteiger partial charge in [-0.3, -0.25) is 0 Å². The van der Waals surface area contributed by atoms with Crippen LogP contribution in [0.2, 0.25) is 0 Å². The van der Waals surface area contributed by atoms with Crippen molar-refractivity contribution in [3.8, 4) is 0 Å². The van der Waals surface area contributed by atoms with E-state index < -0.39 is 24.3 Å². The summed E-state index contributed by atoms with van der Waals surface area (Å²) in [6, 6.07) is 29.5. The van der Waals surface area contributed by atoms with Crippen molar-refractivity contribution in [3.63, 3.8) is 0 Å². The van der Waals surface area contributed by atoms with Crippen LogP contribution in [0.15, 0.2) is 91.0 Å². The Balaban J connectivity index is 1.40. The van der Waals surface area contributed by atoms with Crippen LogP contribution in [0, 0.1) is 0 Å². The number of cyclic esters (lactones) is 1. The second-order valence-electron chi connectivity index (χ2n) is 7.45. The maximum absolute atomic E-state index is 12.6. The van der Waals surface area contributed by atoms with E-state index in [0.29, 0.717) is 19.8 Å². The molecule has 1 heterocycles. The molecule has 3 aromatic carbocycles. The lowest BCUT2D eigenvalue weighted by molar-refractivity contribution is -0.152. The summed E-state index contributed by atoms with van der Waals surface area (Å²) in [5, 5.41) is 0. The van der Waals surface area contributed by atoms with E-state index in [-0.39, 0.29) is 6.61 Å². The minimum atomic E-state index is -0.797. The van der Waals surface area contributed by atoms with Crippen molar-refractivity contribution in [2.45, 2.75) is 38.1 Å². The fourth-order valence-corrected chi connectivity index (χ4v) is 3.49. The van der Waals surface area contributed by atoms with Crippen LogP contribution in [0.25, 0.3) is 0 Å². The summed E-state index contributed by atoms with van der Waals surface area (Å²) in [5.41, 5.74) is 3.07. The van der Waals surface area contributed by atoms with Gasteiger partial charge in [0.25, 0.3) is 0 Å². The molecule has 3 aromatic rings. The average molecular weight is 418 g/mol. The van der Waals surface area contributed by atoms with E-state index in [2.05, 4.69) is 0 Å². The first-order chi connectivity index (χ1) is 15.3. The van der Waals surface area contributed by atoms with Gasteiger partial charge in [-0.05, 0) is 16.7 Å². The van der Waals surface area contributed by atoms with Crippen molar-refractivity contribution in [1.82, 2.24) is 0 Å². The highest BCUT2D eigenvalue weighted by Crippen LogP contribution is 2.25. The predicted octanol–water partition coefficient (Wildman–Crippen LogP) is 4.30. The molecule has 160 valence electrons. The van der Waals surface area contributed by atoms with Crippen LogP contribution in [-0.4, -0.2) is 30.9 Å². The lowest BCUT2D eigenvalue weighted by atomic mass is 10.1. The number of ether oxygens (including phenoxy) is 4. The first kappa shape index (κ1) is 21.2. The van der Waals surface area contributed by atoms with E-state index >= 15 is 0 Å². The van der Waals surface area contributed by atoms with E-state index in [0.717, 1.165) is 16.7 Å². The van der Waals surface area contributed by atoms with Crippen molar-refractivity contribution in [2.75, 3.05) is 6.61 Å². The molecule has 1 fully saturated rings. The van der Waals surface area contributed by atoms with Gasteiger partial charge < -0.3 is 18.9 Å². The lowest BCUT2D eigenvalue weighted by Gasteiger charge is -2.22. The lowest BCUT2D eigenvalue weighted by Crippen LogP contribution is -2.38. The summed E-state index contributed by atoms with van der Waals surface area (Å²) in [5.74, 6) is -0.415. The van der Waals surface area contributed by atoms with E-state index in [1.54, 1.807) is 0 Å². The maximum atomic E-state index is 12.6. The summed E-state index contributed by atoms with van der Waals surface area (Å²) in [6.07, 6.45) is -1.87. The van der Waals surface area contributed by atoms with Crippen molar-refractivity contribution >= 4 is 5.97 Å². The summed E-state index contributed by atoms with van der Waals surface area (Å²) in [4.78, 5) is 12.6. The molecule has 1 saturated heterocycles. The molecule has 0 aromatic heterocycles. The van der Waals surface area contributed by atoms with E-state index in [1.165, 1.54) is 0 Å². The minimum Gasteiger partial charge on any atom is -0.455 e. The van der Waals surface area contributed by atoms with Crippen LogP contribution in [0.5, 0.6) is 0 Å². The zero-order valence-corrected chi connectivity index (χ0v) is 17.3. The molecule has 0 bridgehead atoms. The Morgan fingerprint density at radius 2 is 1.13 bits per heavy atom. The van der Waals surface area contributed by atoms with E-state index in [1.807, 2.05) is 91.0 Å². The first-order valence-electron chi connectivity index (χ1n) is 10.4. The van der Waals surface area contributed by atoms with Gasteiger partial charge in [0.2, 0.25) is 0 Å². The largest absolute Gasteiger partial charge is 0.455 e. The second-order valence-corrected chi connectivity index (χ2v) is 7.45. The predicted molar refractivity (Wildman–Crippen MR) is 116 cm³/mol. The molecule has 31 heavy (non-hydrogen) atoms. The van der Waals surface area contributed by atoms with Crippen LogP contribution in [0.1, 0.15) is 16.7 Å². The van der Waals surface area contributed by atoms with E-state index in [4.69, 9.17) is 18.9 Å². The van der Waals surface area contributed by atoms with Gasteiger partial charge in [-0.25, -0.2) is 4.79 Å². The molecule has 0 aliphatic carbocycles. The number of rotatable bonds is 10. The molecular weight excluding hydrogens is 392 g/mol. The van der Waals surface area contributed by atoms with Gasteiger partial charge in [0.1, 0.15) is 6.10 Å². The molecule has 0 amide bonds. The number of hydrogen-bond donors (Lipinski definition) is 0. The summed E-state index contributed by atoms with van der Waals surface area (Å²) in [6.45, 7) is 1.35. The van der Waals surface area contributed by atoms with Crippen LogP contribution in [0.4, 0.5) is 0 Å². The van der Waals surface area contributed by atoms with Crippen LogP contribution < -0.4 is 0 Å². The quantitative estimate of drug-likeness (QED) is 0.460. The zero-order valence-electron chi connectivity index (χ0n) is 17.3. The Bertz CT molecular complexity index is 930. The standard InChI is InChI=1S/C26H26O5/c27-26-25(30-18-22-14-8-3-9-15-22)24(29-17-21-12-6-2-7-13-21)23(31-26)19-28-16-20-10-4-1-5-11-20/h1-15,23-25H,16-19H2/t23?,24?,25-/m0/s1. The third-order valence-electron chi connectivity index (χ3n) is 5.12. The smallest absolute Gasteiger partial charge is 0.338 e. The molecule has 1 aliphatic rings. The van der Waals surface area contributed by atoms with E-state index in [9.17, 15) is 4.79 Å². The first-order valence-corrected chi connectivity index (χ1v) is 10.4. The molecule has 0 spiro atoms. The number of carbonyl (C=O) groups excluding carboxylic acids is 1. The van der Waals surface area contributed by atoms with Crippen LogP contribution in [-0.2, 0) is 43.6 Å². The third kappa shape index (κ3) is 6.01. The molecule has 0 N–H and O–H groups in total. The van der Waals surface area contributed by atoms with Crippen molar-refractivity contribution in [3.05, 3.63) is 108 Å². The van der Waals surface area contributed by atoms with Crippen LogP contribution >= 0.6 is 0 Å². The van der Waals surface area contributed by atoms with Gasteiger partial charge in [0.15, 0.2) is 12.2 Å². The maximum Gasteiger partial charge on any atom is 0.338 e. The summed E-state index contributed by atoms with van der Waals surface area (Å²) < 4.78 is 23.5. The molecule has 5 heteroatoms. The van der Waals surface area contributed by atoms with Crippen molar-refractivity contribution in [1.29, 1.82) is 0 Å². The molecule has 3 atom stereocenters. The minimum absolute atomic E-state index is 0.241. The zero-order chi connectivity index (χ0) is 21.3. The van der Waals surface area contributed by atoms with Gasteiger partial charge in [-0.15, -0.1) is 0 Å². The Hall–Kier alpha value is -2.99. The highest BCUT2D eigenvalue weighted by Gasteiger charge is 2.46. The van der Waals surface area contributed by atoms with Crippen molar-refractivity contribution < 1.29 is 23.7 Å².